The van der Waals surface area contributed by atoms with Gasteiger partial charge in [0.05, 0.1) is 19.8 Å². The number of nitrogens with zero attached hydrogens (tertiary/aromatic N) is 2. The fourth-order valence-electron chi connectivity index (χ4n) is 3.36. The highest BCUT2D eigenvalue weighted by atomic mass is 16.5. The number of benzene rings is 2. The molecule has 1 heterocycles. The van der Waals surface area contributed by atoms with Gasteiger partial charge in [0.25, 0.3) is 5.91 Å². The maximum Gasteiger partial charge on any atom is 0.255 e. The summed E-state index contributed by atoms with van der Waals surface area (Å²) in [7, 11) is 3.11. The van der Waals surface area contributed by atoms with E-state index in [4.69, 9.17) is 9.47 Å². The van der Waals surface area contributed by atoms with E-state index < -0.39 is 0 Å². The Morgan fingerprint density at radius 3 is 2.37 bits per heavy atom. The summed E-state index contributed by atoms with van der Waals surface area (Å²) in [6.07, 6.45) is 0. The first-order valence-electron chi connectivity index (χ1n) is 9.24. The van der Waals surface area contributed by atoms with Crippen molar-refractivity contribution in [3.05, 3.63) is 54.1 Å². The fraction of sp³-hybridized carbons (Fsp3) is 0.381. The predicted octanol–water partition coefficient (Wildman–Crippen LogP) is 2.26. The number of rotatable bonds is 7. The summed E-state index contributed by atoms with van der Waals surface area (Å²) >= 11 is 0. The Morgan fingerprint density at radius 2 is 1.70 bits per heavy atom. The molecule has 1 N–H and O–H groups in total. The van der Waals surface area contributed by atoms with Gasteiger partial charge in [0, 0.05) is 45.0 Å². The summed E-state index contributed by atoms with van der Waals surface area (Å²) in [5, 5.41) is 2.99. The summed E-state index contributed by atoms with van der Waals surface area (Å²) in [5.41, 5.74) is 1.77. The highest BCUT2D eigenvalue weighted by Crippen LogP contribution is 2.30. The largest absolute Gasteiger partial charge is 0.493 e. The van der Waals surface area contributed by atoms with E-state index in [1.807, 2.05) is 6.07 Å². The van der Waals surface area contributed by atoms with Gasteiger partial charge in [0.15, 0.2) is 11.5 Å². The molecular weight excluding hydrogens is 342 g/mol. The van der Waals surface area contributed by atoms with Crippen LogP contribution < -0.4 is 19.7 Å². The van der Waals surface area contributed by atoms with Crippen LogP contribution in [0.3, 0.4) is 0 Å². The number of anilines is 1. The molecule has 1 aliphatic heterocycles. The molecular formula is C21H27N3O3. The minimum Gasteiger partial charge on any atom is -0.493 e. The molecule has 0 saturated carbocycles. The summed E-state index contributed by atoms with van der Waals surface area (Å²) in [6, 6.07) is 15.8. The van der Waals surface area contributed by atoms with E-state index in [0.29, 0.717) is 23.6 Å². The SMILES string of the molecule is COc1cccc(C(=O)NCCN2CCN(c3ccccc3)CC2)c1OC. The molecule has 2 aromatic rings. The molecule has 1 aliphatic rings. The molecule has 6 heteroatoms. The van der Waals surface area contributed by atoms with Gasteiger partial charge >= 0.3 is 0 Å². The van der Waals surface area contributed by atoms with E-state index in [1.54, 1.807) is 32.4 Å². The van der Waals surface area contributed by atoms with Crippen LogP contribution in [0.4, 0.5) is 5.69 Å². The second-order valence-corrected chi connectivity index (χ2v) is 6.46. The van der Waals surface area contributed by atoms with Crippen LogP contribution in [-0.2, 0) is 0 Å². The van der Waals surface area contributed by atoms with Crippen LogP contribution in [-0.4, -0.2) is 64.3 Å². The molecule has 2 aromatic carbocycles. The zero-order chi connectivity index (χ0) is 19.1. The Balaban J connectivity index is 1.46. The zero-order valence-electron chi connectivity index (χ0n) is 16.0. The smallest absolute Gasteiger partial charge is 0.255 e. The third kappa shape index (κ3) is 4.71. The number of methoxy groups -OCH3 is 2. The lowest BCUT2D eigenvalue weighted by Crippen LogP contribution is -2.48. The molecule has 0 atom stereocenters. The van der Waals surface area contributed by atoms with Crippen LogP contribution in [0.1, 0.15) is 10.4 Å². The Kier molecular flexibility index (Phi) is 6.54. The molecule has 144 valence electrons. The predicted molar refractivity (Wildman–Crippen MR) is 107 cm³/mol. The average Bonchev–Trinajstić information content (AvgIpc) is 2.74. The molecule has 3 rings (SSSR count). The van der Waals surface area contributed by atoms with Gasteiger partial charge in [-0.2, -0.15) is 0 Å². The number of para-hydroxylation sites is 2. The van der Waals surface area contributed by atoms with Gasteiger partial charge in [-0.05, 0) is 24.3 Å². The number of piperazine rings is 1. The lowest BCUT2D eigenvalue weighted by Gasteiger charge is -2.36. The van der Waals surface area contributed by atoms with Gasteiger partial charge in [0.1, 0.15) is 0 Å². The van der Waals surface area contributed by atoms with Crippen molar-refractivity contribution in [1.82, 2.24) is 10.2 Å². The normalized spacial score (nSPS) is 14.7. The summed E-state index contributed by atoms with van der Waals surface area (Å²) in [4.78, 5) is 17.3. The lowest BCUT2D eigenvalue weighted by molar-refractivity contribution is 0.0944. The highest BCUT2D eigenvalue weighted by molar-refractivity contribution is 5.97. The topological polar surface area (TPSA) is 54.0 Å². The van der Waals surface area contributed by atoms with Gasteiger partial charge < -0.3 is 19.7 Å². The number of nitrogens with one attached hydrogen (secondary N) is 1. The third-order valence-electron chi connectivity index (χ3n) is 4.85. The third-order valence-corrected chi connectivity index (χ3v) is 4.85. The van der Waals surface area contributed by atoms with E-state index >= 15 is 0 Å². The summed E-state index contributed by atoms with van der Waals surface area (Å²) in [6.45, 7) is 5.43. The molecule has 0 bridgehead atoms. The van der Waals surface area contributed by atoms with Crippen molar-refractivity contribution >= 4 is 11.6 Å². The quantitative estimate of drug-likeness (QED) is 0.811. The molecule has 0 radical (unpaired) electrons. The monoisotopic (exact) mass is 369 g/mol. The lowest BCUT2D eigenvalue weighted by atomic mass is 10.1. The van der Waals surface area contributed by atoms with Crippen molar-refractivity contribution in [1.29, 1.82) is 0 Å². The van der Waals surface area contributed by atoms with Crippen molar-refractivity contribution < 1.29 is 14.3 Å². The summed E-state index contributed by atoms with van der Waals surface area (Å²) < 4.78 is 10.6. The summed E-state index contributed by atoms with van der Waals surface area (Å²) in [5.74, 6) is 0.879. The van der Waals surface area contributed by atoms with Crippen LogP contribution >= 0.6 is 0 Å². The molecule has 0 aromatic heterocycles. The van der Waals surface area contributed by atoms with Gasteiger partial charge in [-0.1, -0.05) is 24.3 Å². The fourth-order valence-corrected chi connectivity index (χ4v) is 3.36. The van der Waals surface area contributed by atoms with Gasteiger partial charge in [-0.25, -0.2) is 0 Å². The van der Waals surface area contributed by atoms with Gasteiger partial charge in [-0.15, -0.1) is 0 Å². The molecule has 27 heavy (non-hydrogen) atoms. The van der Waals surface area contributed by atoms with Crippen molar-refractivity contribution in [2.24, 2.45) is 0 Å². The van der Waals surface area contributed by atoms with Gasteiger partial charge in [-0.3, -0.25) is 9.69 Å². The first-order valence-corrected chi connectivity index (χ1v) is 9.24. The number of ether oxygens (including phenoxy) is 2. The Labute approximate surface area is 160 Å². The molecule has 1 fully saturated rings. The van der Waals surface area contributed by atoms with Crippen molar-refractivity contribution in [3.8, 4) is 11.5 Å². The van der Waals surface area contributed by atoms with E-state index in [1.165, 1.54) is 5.69 Å². The first-order chi connectivity index (χ1) is 13.2. The second kappa shape index (κ2) is 9.28. The van der Waals surface area contributed by atoms with Crippen LogP contribution in [0.25, 0.3) is 0 Å². The maximum absolute atomic E-state index is 12.5. The van der Waals surface area contributed by atoms with Gasteiger partial charge in [0.2, 0.25) is 0 Å². The van der Waals surface area contributed by atoms with Crippen LogP contribution in [0.15, 0.2) is 48.5 Å². The highest BCUT2D eigenvalue weighted by Gasteiger charge is 2.18. The second-order valence-electron chi connectivity index (χ2n) is 6.46. The molecule has 0 aliphatic carbocycles. The van der Waals surface area contributed by atoms with Crippen molar-refractivity contribution in [3.63, 3.8) is 0 Å². The van der Waals surface area contributed by atoms with Crippen LogP contribution in [0.2, 0.25) is 0 Å². The Morgan fingerprint density at radius 1 is 0.963 bits per heavy atom. The zero-order valence-corrected chi connectivity index (χ0v) is 16.0. The Hall–Kier alpha value is -2.73. The van der Waals surface area contributed by atoms with Crippen LogP contribution in [0, 0.1) is 0 Å². The maximum atomic E-state index is 12.5. The first kappa shape index (κ1) is 19.0. The standard InChI is InChI=1S/C21H27N3O3/c1-26-19-10-6-9-18(20(19)27-2)21(25)22-11-12-23-13-15-24(16-14-23)17-7-4-3-5-8-17/h3-10H,11-16H2,1-2H3,(H,22,25). The Bertz CT molecular complexity index is 744. The molecule has 1 saturated heterocycles. The molecule has 6 nitrogen and oxygen atoms in total. The number of hydrogen-bond donors (Lipinski definition) is 1. The van der Waals surface area contributed by atoms with E-state index in [0.717, 1.165) is 32.7 Å². The molecule has 0 unspecified atom stereocenters. The number of carbonyl (C=O) groups excluding carboxylic acids is 1. The van der Waals surface area contributed by atoms with Crippen molar-refractivity contribution in [2.75, 3.05) is 58.4 Å². The molecule has 1 amide bonds. The number of hydrogen-bond acceptors (Lipinski definition) is 5. The molecule has 0 spiro atoms. The minimum atomic E-state index is -0.145. The number of amides is 1. The average molecular weight is 369 g/mol. The minimum absolute atomic E-state index is 0.145. The van der Waals surface area contributed by atoms with Crippen molar-refractivity contribution in [2.45, 2.75) is 0 Å². The van der Waals surface area contributed by atoms with E-state index in [9.17, 15) is 4.79 Å². The van der Waals surface area contributed by atoms with Crippen LogP contribution in [0.5, 0.6) is 11.5 Å². The van der Waals surface area contributed by atoms with E-state index in [2.05, 4.69) is 39.4 Å². The number of carbonyl (C=O) groups is 1. The van der Waals surface area contributed by atoms with E-state index in [-0.39, 0.29) is 5.91 Å².